The third-order valence-electron chi connectivity index (χ3n) is 4.03. The molecule has 23 heavy (non-hydrogen) atoms. The summed E-state index contributed by atoms with van der Waals surface area (Å²) in [7, 11) is 0. The Kier molecular flexibility index (Phi) is 4.23. The van der Waals surface area contributed by atoms with Crippen LogP contribution in [-0.2, 0) is 0 Å². The van der Waals surface area contributed by atoms with E-state index in [1.807, 2.05) is 37.5 Å². The average Bonchev–Trinajstić information content (AvgIpc) is 2.93. The van der Waals surface area contributed by atoms with Crippen molar-refractivity contribution in [2.24, 2.45) is 5.92 Å². The van der Waals surface area contributed by atoms with Gasteiger partial charge in [0.25, 0.3) is 0 Å². The molecule has 0 amide bonds. The molecule has 120 valence electrons. The second-order valence-corrected chi connectivity index (χ2v) is 5.97. The van der Waals surface area contributed by atoms with E-state index in [1.165, 1.54) is 5.56 Å². The van der Waals surface area contributed by atoms with Gasteiger partial charge >= 0.3 is 0 Å². The van der Waals surface area contributed by atoms with Crippen molar-refractivity contribution in [3.05, 3.63) is 48.0 Å². The van der Waals surface area contributed by atoms with Crippen molar-refractivity contribution in [2.75, 3.05) is 11.4 Å². The highest BCUT2D eigenvalue weighted by molar-refractivity contribution is 5.47. The van der Waals surface area contributed by atoms with Crippen LogP contribution in [-0.4, -0.2) is 31.3 Å². The van der Waals surface area contributed by atoms with E-state index in [1.54, 1.807) is 4.52 Å². The van der Waals surface area contributed by atoms with Gasteiger partial charge in [0.2, 0.25) is 0 Å². The molecule has 0 radical (unpaired) electrons. The van der Waals surface area contributed by atoms with Crippen LogP contribution < -0.4 is 4.90 Å². The van der Waals surface area contributed by atoms with Crippen molar-refractivity contribution in [3.8, 4) is 0 Å². The Morgan fingerprint density at radius 2 is 2.00 bits per heavy atom. The third kappa shape index (κ3) is 2.88. The van der Waals surface area contributed by atoms with E-state index in [-0.39, 0.29) is 6.04 Å². The maximum atomic E-state index is 4.73. The third-order valence-corrected chi connectivity index (χ3v) is 4.03. The van der Waals surface area contributed by atoms with Crippen LogP contribution >= 0.6 is 0 Å². The second-order valence-electron chi connectivity index (χ2n) is 5.97. The lowest BCUT2D eigenvalue weighted by molar-refractivity contribution is 0.469. The highest BCUT2D eigenvalue weighted by Crippen LogP contribution is 2.31. The fraction of sp³-hybridized carbons (Fsp3) is 0.412. The maximum absolute atomic E-state index is 4.73. The van der Waals surface area contributed by atoms with E-state index in [2.05, 4.69) is 46.9 Å². The molecule has 1 atom stereocenters. The predicted molar refractivity (Wildman–Crippen MR) is 90.4 cm³/mol. The zero-order chi connectivity index (χ0) is 16.4. The topological polar surface area (TPSA) is 59.2 Å². The van der Waals surface area contributed by atoms with Gasteiger partial charge in [-0.05, 0) is 43.5 Å². The number of anilines is 1. The molecule has 0 aromatic carbocycles. The van der Waals surface area contributed by atoms with Gasteiger partial charge in [-0.2, -0.15) is 4.52 Å². The number of nitrogens with zero attached hydrogens (tertiary/aromatic N) is 6. The smallest absolute Gasteiger partial charge is 0.178 e. The number of aryl methyl sites for hydroxylation is 1. The minimum absolute atomic E-state index is 0.218. The fourth-order valence-electron chi connectivity index (χ4n) is 3.02. The molecule has 6 heteroatoms. The Bertz CT molecular complexity index is 780. The van der Waals surface area contributed by atoms with Crippen LogP contribution in [0.15, 0.2) is 36.7 Å². The quantitative estimate of drug-likeness (QED) is 0.725. The standard InChI is InChI=1S/C17H22N6/c1-5-22(17(12(2)3)14-7-6-10-18-11-14)16-9-8-15-20-19-13(4)23(15)21-16/h6-12,17H,5H2,1-4H3. The maximum Gasteiger partial charge on any atom is 0.178 e. The number of rotatable bonds is 5. The largest absolute Gasteiger partial charge is 0.348 e. The van der Waals surface area contributed by atoms with E-state index >= 15 is 0 Å². The zero-order valence-electron chi connectivity index (χ0n) is 14.0. The Balaban J connectivity index is 2.06. The molecule has 0 spiro atoms. The molecule has 0 bridgehead atoms. The molecule has 3 heterocycles. The highest BCUT2D eigenvalue weighted by Gasteiger charge is 2.24. The first-order chi connectivity index (χ1) is 11.1. The molecule has 0 aliphatic rings. The van der Waals surface area contributed by atoms with Crippen molar-refractivity contribution in [2.45, 2.75) is 33.7 Å². The normalized spacial score (nSPS) is 12.7. The molecule has 0 aliphatic carbocycles. The molecule has 0 saturated carbocycles. The zero-order valence-corrected chi connectivity index (χ0v) is 14.0. The summed E-state index contributed by atoms with van der Waals surface area (Å²) in [5.74, 6) is 2.14. The first kappa shape index (κ1) is 15.4. The first-order valence-corrected chi connectivity index (χ1v) is 7.97. The van der Waals surface area contributed by atoms with Crippen molar-refractivity contribution in [3.63, 3.8) is 0 Å². The van der Waals surface area contributed by atoms with E-state index < -0.39 is 0 Å². The Morgan fingerprint density at radius 1 is 1.17 bits per heavy atom. The Labute approximate surface area is 136 Å². The molecule has 6 nitrogen and oxygen atoms in total. The lowest BCUT2D eigenvalue weighted by atomic mass is 9.95. The molecule has 1 unspecified atom stereocenters. The van der Waals surface area contributed by atoms with Gasteiger partial charge in [0.1, 0.15) is 5.82 Å². The molecule has 3 aromatic heterocycles. The van der Waals surface area contributed by atoms with Crippen LogP contribution in [0.25, 0.3) is 5.65 Å². The summed E-state index contributed by atoms with van der Waals surface area (Å²) in [6.07, 6.45) is 3.75. The van der Waals surface area contributed by atoms with Crippen molar-refractivity contribution in [1.29, 1.82) is 0 Å². The van der Waals surface area contributed by atoms with Gasteiger partial charge in [-0.3, -0.25) is 4.98 Å². The number of pyridine rings is 1. The Morgan fingerprint density at radius 3 is 2.65 bits per heavy atom. The summed E-state index contributed by atoms with van der Waals surface area (Å²) in [4.78, 5) is 6.59. The van der Waals surface area contributed by atoms with E-state index in [0.717, 1.165) is 23.8 Å². The van der Waals surface area contributed by atoms with Crippen LogP contribution in [0, 0.1) is 12.8 Å². The molecule has 0 aliphatic heterocycles. The monoisotopic (exact) mass is 310 g/mol. The molecule has 0 saturated heterocycles. The number of aromatic nitrogens is 5. The number of fused-ring (bicyclic) bond motifs is 1. The summed E-state index contributed by atoms with van der Waals surface area (Å²) in [6.45, 7) is 9.37. The van der Waals surface area contributed by atoms with E-state index in [4.69, 9.17) is 5.10 Å². The van der Waals surface area contributed by atoms with Gasteiger partial charge in [-0.15, -0.1) is 15.3 Å². The van der Waals surface area contributed by atoms with Crippen LogP contribution in [0.3, 0.4) is 0 Å². The number of hydrogen-bond donors (Lipinski definition) is 0. The van der Waals surface area contributed by atoms with Gasteiger partial charge < -0.3 is 4.90 Å². The van der Waals surface area contributed by atoms with E-state index in [9.17, 15) is 0 Å². The summed E-state index contributed by atoms with van der Waals surface area (Å²) in [6, 6.07) is 8.31. The minimum atomic E-state index is 0.218. The lowest BCUT2D eigenvalue weighted by Crippen LogP contribution is -2.33. The Hall–Kier alpha value is -2.50. The first-order valence-electron chi connectivity index (χ1n) is 7.97. The number of hydrogen-bond acceptors (Lipinski definition) is 5. The molecular weight excluding hydrogens is 288 g/mol. The van der Waals surface area contributed by atoms with Crippen LogP contribution in [0.4, 0.5) is 5.82 Å². The molecular formula is C17H22N6. The second kappa shape index (κ2) is 6.32. The minimum Gasteiger partial charge on any atom is -0.348 e. The average molecular weight is 310 g/mol. The lowest BCUT2D eigenvalue weighted by Gasteiger charge is -2.34. The SMILES string of the molecule is CCN(c1ccc2nnc(C)n2n1)C(c1cccnc1)C(C)C. The van der Waals surface area contributed by atoms with Crippen LogP contribution in [0.2, 0.25) is 0 Å². The molecule has 0 fully saturated rings. The van der Waals surface area contributed by atoms with Crippen LogP contribution in [0.1, 0.15) is 38.2 Å². The highest BCUT2D eigenvalue weighted by atomic mass is 15.4. The predicted octanol–water partition coefficient (Wildman–Crippen LogP) is 3.05. The summed E-state index contributed by atoms with van der Waals surface area (Å²) < 4.78 is 1.79. The van der Waals surface area contributed by atoms with Gasteiger partial charge in [0.15, 0.2) is 11.5 Å². The van der Waals surface area contributed by atoms with E-state index in [0.29, 0.717) is 5.92 Å². The van der Waals surface area contributed by atoms with Crippen molar-refractivity contribution in [1.82, 2.24) is 24.8 Å². The fourth-order valence-corrected chi connectivity index (χ4v) is 3.02. The van der Waals surface area contributed by atoms with Gasteiger partial charge in [-0.25, -0.2) is 0 Å². The summed E-state index contributed by atoms with van der Waals surface area (Å²) >= 11 is 0. The summed E-state index contributed by atoms with van der Waals surface area (Å²) in [5.41, 5.74) is 1.97. The molecule has 0 N–H and O–H groups in total. The summed E-state index contributed by atoms with van der Waals surface area (Å²) in [5, 5.41) is 12.9. The molecule has 3 rings (SSSR count). The van der Waals surface area contributed by atoms with Crippen molar-refractivity contribution >= 4 is 11.5 Å². The van der Waals surface area contributed by atoms with Gasteiger partial charge in [-0.1, -0.05) is 19.9 Å². The van der Waals surface area contributed by atoms with Gasteiger partial charge in [0.05, 0.1) is 6.04 Å². The van der Waals surface area contributed by atoms with Gasteiger partial charge in [0, 0.05) is 18.9 Å². The van der Waals surface area contributed by atoms with Crippen LogP contribution in [0.5, 0.6) is 0 Å². The van der Waals surface area contributed by atoms with Crippen molar-refractivity contribution < 1.29 is 0 Å². The molecule has 3 aromatic rings.